The molecule has 0 saturated carbocycles. The molecule has 0 spiro atoms. The lowest BCUT2D eigenvalue weighted by molar-refractivity contribution is 0.352. The minimum absolute atomic E-state index is 0.0560. The van der Waals surface area contributed by atoms with Crippen LogP contribution in [0, 0.1) is 23.0 Å². The maximum Gasteiger partial charge on any atom is 0.246 e. The minimum atomic E-state index is -4.27. The highest BCUT2D eigenvalue weighted by Gasteiger charge is 2.29. The third-order valence-corrected chi connectivity index (χ3v) is 5.72. The number of rotatable bonds is 6. The van der Waals surface area contributed by atoms with Crippen molar-refractivity contribution >= 4 is 10.0 Å². The molecule has 0 atom stereocenters. The first-order valence-corrected chi connectivity index (χ1v) is 9.31. The number of benzene rings is 2. The van der Waals surface area contributed by atoms with Crippen molar-refractivity contribution in [2.45, 2.75) is 18.0 Å². The van der Waals surface area contributed by atoms with Crippen molar-refractivity contribution in [2.75, 3.05) is 0 Å². The molecule has 0 fully saturated rings. The summed E-state index contributed by atoms with van der Waals surface area (Å²) >= 11 is 0. The van der Waals surface area contributed by atoms with Gasteiger partial charge in [-0.1, -0.05) is 18.2 Å². The third-order valence-electron chi connectivity index (χ3n) is 3.90. The number of furan rings is 1. The normalized spacial score (nSPS) is 11.5. The van der Waals surface area contributed by atoms with Crippen molar-refractivity contribution in [3.63, 3.8) is 0 Å². The fourth-order valence-electron chi connectivity index (χ4n) is 2.53. The Morgan fingerprint density at radius 1 is 1.00 bits per heavy atom. The molecule has 27 heavy (non-hydrogen) atoms. The molecular formula is C19H14F2N2O3S. The number of nitrogens with zero attached hydrogens (tertiary/aromatic N) is 2. The van der Waals surface area contributed by atoms with Crippen molar-refractivity contribution in [1.82, 2.24) is 4.31 Å². The van der Waals surface area contributed by atoms with Gasteiger partial charge in [0.1, 0.15) is 22.3 Å². The molecule has 0 amide bonds. The van der Waals surface area contributed by atoms with Gasteiger partial charge in [0.25, 0.3) is 0 Å². The highest BCUT2D eigenvalue weighted by molar-refractivity contribution is 7.89. The van der Waals surface area contributed by atoms with Gasteiger partial charge in [0.15, 0.2) is 0 Å². The first kappa shape index (κ1) is 18.8. The molecule has 0 aliphatic rings. The molecule has 2 aromatic carbocycles. The molecule has 3 aromatic rings. The average molecular weight is 388 g/mol. The quantitative estimate of drug-likeness (QED) is 0.643. The Hall–Kier alpha value is -3.02. The van der Waals surface area contributed by atoms with E-state index in [1.165, 1.54) is 30.5 Å². The fraction of sp³-hybridized carbons (Fsp3) is 0.105. The summed E-state index contributed by atoms with van der Waals surface area (Å²) in [6.45, 7) is -0.558. The van der Waals surface area contributed by atoms with E-state index in [9.17, 15) is 17.2 Å². The van der Waals surface area contributed by atoms with Crippen LogP contribution in [-0.4, -0.2) is 12.7 Å². The number of hydrogen-bond donors (Lipinski definition) is 0. The Labute approximate surface area is 155 Å². The maximum atomic E-state index is 14.3. The van der Waals surface area contributed by atoms with Crippen molar-refractivity contribution in [1.29, 1.82) is 5.26 Å². The maximum absolute atomic E-state index is 14.3. The van der Waals surface area contributed by atoms with Crippen LogP contribution in [0.1, 0.15) is 16.9 Å². The van der Waals surface area contributed by atoms with Gasteiger partial charge >= 0.3 is 0 Å². The van der Waals surface area contributed by atoms with Crippen LogP contribution in [0.4, 0.5) is 8.78 Å². The summed E-state index contributed by atoms with van der Waals surface area (Å²) in [5.74, 6) is -1.30. The SMILES string of the molecule is N#Cc1ccc(CN(Cc2ccco2)S(=O)(=O)c2ccccc2F)c(F)c1. The van der Waals surface area contributed by atoms with Crippen molar-refractivity contribution in [3.05, 3.63) is 89.4 Å². The number of nitriles is 1. The van der Waals surface area contributed by atoms with Gasteiger partial charge < -0.3 is 4.42 Å². The van der Waals surface area contributed by atoms with Gasteiger partial charge in [-0.15, -0.1) is 0 Å². The third kappa shape index (κ3) is 4.05. The van der Waals surface area contributed by atoms with Crippen LogP contribution in [-0.2, 0) is 23.1 Å². The molecule has 0 aliphatic carbocycles. The van der Waals surface area contributed by atoms with Crippen molar-refractivity contribution in [3.8, 4) is 6.07 Å². The lowest BCUT2D eigenvalue weighted by atomic mass is 10.1. The van der Waals surface area contributed by atoms with Gasteiger partial charge in [-0.25, -0.2) is 17.2 Å². The van der Waals surface area contributed by atoms with E-state index >= 15 is 0 Å². The van der Waals surface area contributed by atoms with Gasteiger partial charge in [-0.05, 0) is 36.4 Å². The Morgan fingerprint density at radius 3 is 2.41 bits per heavy atom. The Kier molecular flexibility index (Phi) is 5.35. The van der Waals surface area contributed by atoms with E-state index in [0.717, 1.165) is 22.5 Å². The molecule has 8 heteroatoms. The highest BCUT2D eigenvalue weighted by Crippen LogP contribution is 2.24. The largest absolute Gasteiger partial charge is 0.468 e. The van der Waals surface area contributed by atoms with Crippen LogP contribution < -0.4 is 0 Å². The molecule has 1 aromatic heterocycles. The molecule has 0 bridgehead atoms. The molecule has 5 nitrogen and oxygen atoms in total. The zero-order chi connectivity index (χ0) is 19.4. The summed E-state index contributed by atoms with van der Waals surface area (Å²) in [5.41, 5.74) is 0.172. The lowest BCUT2D eigenvalue weighted by Crippen LogP contribution is -2.31. The highest BCUT2D eigenvalue weighted by atomic mass is 32.2. The molecule has 0 unspecified atom stereocenters. The van der Waals surface area contributed by atoms with Crippen LogP contribution in [0.2, 0.25) is 0 Å². The Bertz CT molecular complexity index is 1090. The van der Waals surface area contributed by atoms with Crippen LogP contribution in [0.5, 0.6) is 0 Å². The predicted molar refractivity (Wildman–Crippen MR) is 92.7 cm³/mol. The number of halogens is 2. The zero-order valence-electron chi connectivity index (χ0n) is 14.0. The van der Waals surface area contributed by atoms with E-state index in [1.54, 1.807) is 12.1 Å². The van der Waals surface area contributed by atoms with Gasteiger partial charge in [-0.2, -0.15) is 9.57 Å². The van der Waals surface area contributed by atoms with E-state index in [4.69, 9.17) is 9.68 Å². The summed E-state index contributed by atoms with van der Waals surface area (Å²) in [4.78, 5) is -0.509. The number of hydrogen-bond acceptors (Lipinski definition) is 4. The van der Waals surface area contributed by atoms with Crippen LogP contribution >= 0.6 is 0 Å². The van der Waals surface area contributed by atoms with E-state index in [2.05, 4.69) is 0 Å². The molecular weight excluding hydrogens is 374 g/mol. The van der Waals surface area contributed by atoms with E-state index in [1.807, 2.05) is 6.07 Å². The summed E-state index contributed by atoms with van der Waals surface area (Å²) < 4.78 is 60.5. The topological polar surface area (TPSA) is 74.3 Å². The molecule has 3 rings (SSSR count). The van der Waals surface area contributed by atoms with E-state index in [-0.39, 0.29) is 24.2 Å². The van der Waals surface area contributed by atoms with Crippen LogP contribution in [0.3, 0.4) is 0 Å². The lowest BCUT2D eigenvalue weighted by Gasteiger charge is -2.22. The van der Waals surface area contributed by atoms with Crippen molar-refractivity contribution < 1.29 is 21.6 Å². The Morgan fingerprint density at radius 2 is 1.78 bits per heavy atom. The zero-order valence-corrected chi connectivity index (χ0v) is 14.8. The summed E-state index contributed by atoms with van der Waals surface area (Å²) in [5, 5.41) is 8.84. The molecule has 0 radical (unpaired) electrons. The molecule has 0 N–H and O–H groups in total. The Balaban J connectivity index is 2.01. The molecule has 0 aliphatic heterocycles. The van der Waals surface area contributed by atoms with Gasteiger partial charge in [0.05, 0.1) is 24.4 Å². The summed E-state index contributed by atoms with van der Waals surface area (Å²) in [7, 11) is -4.27. The second kappa shape index (κ2) is 7.70. The first-order chi connectivity index (χ1) is 12.9. The summed E-state index contributed by atoms with van der Waals surface area (Å²) in [6, 6.07) is 13.7. The first-order valence-electron chi connectivity index (χ1n) is 7.87. The van der Waals surface area contributed by atoms with E-state index in [0.29, 0.717) is 5.76 Å². The second-order valence-electron chi connectivity index (χ2n) is 5.70. The van der Waals surface area contributed by atoms with Gasteiger partial charge in [0.2, 0.25) is 10.0 Å². The van der Waals surface area contributed by atoms with Crippen LogP contribution in [0.25, 0.3) is 0 Å². The molecule has 138 valence electrons. The predicted octanol–water partition coefficient (Wildman–Crippen LogP) is 3.82. The number of sulfonamides is 1. The van der Waals surface area contributed by atoms with Gasteiger partial charge in [-0.3, -0.25) is 0 Å². The van der Waals surface area contributed by atoms with E-state index < -0.39 is 26.6 Å². The van der Waals surface area contributed by atoms with Crippen LogP contribution in [0.15, 0.2) is 70.2 Å². The smallest absolute Gasteiger partial charge is 0.246 e. The monoisotopic (exact) mass is 388 g/mol. The van der Waals surface area contributed by atoms with Crippen molar-refractivity contribution in [2.24, 2.45) is 0 Å². The molecule has 0 saturated heterocycles. The minimum Gasteiger partial charge on any atom is -0.468 e. The van der Waals surface area contributed by atoms with Gasteiger partial charge in [0, 0.05) is 12.1 Å². The fourth-order valence-corrected chi connectivity index (χ4v) is 3.98. The average Bonchev–Trinajstić information content (AvgIpc) is 3.16. The second-order valence-corrected chi connectivity index (χ2v) is 7.61. The standard InChI is InChI=1S/C19H14F2N2O3S/c20-17-5-1-2-6-19(17)27(24,25)23(13-16-4-3-9-26-16)12-15-8-7-14(11-22)10-18(15)21/h1-10H,12-13H2. The molecule has 1 heterocycles. The summed E-state index contributed by atoms with van der Waals surface area (Å²) in [6.07, 6.45) is 1.38.